The molecule has 0 fully saturated rings. The molecule has 3 N–H and O–H groups in total. The van der Waals surface area contributed by atoms with Crippen LogP contribution < -0.4 is 16.0 Å². The summed E-state index contributed by atoms with van der Waals surface area (Å²) < 4.78 is 5.95. The average Bonchev–Trinajstić information content (AvgIpc) is 2.55. The summed E-state index contributed by atoms with van der Waals surface area (Å²) >= 11 is 3.41. The minimum Gasteiger partial charge on any atom is -0.385 e. The molecule has 0 heterocycles. The number of hydrogen-bond donors (Lipinski definition) is 3. The number of benzene rings is 1. The Bertz CT molecular complexity index is 555. The third kappa shape index (κ3) is 10.7. The van der Waals surface area contributed by atoms with Crippen molar-refractivity contribution >= 4 is 57.5 Å². The molecule has 0 saturated heterocycles. The van der Waals surface area contributed by atoms with E-state index in [-0.39, 0.29) is 29.9 Å². The molecule has 0 aromatic heterocycles. The van der Waals surface area contributed by atoms with Crippen LogP contribution in [0.1, 0.15) is 25.3 Å². The minimum absolute atomic E-state index is 0. The number of halogens is 2. The molecule has 0 radical (unpaired) electrons. The van der Waals surface area contributed by atoms with E-state index < -0.39 is 0 Å². The zero-order valence-electron chi connectivity index (χ0n) is 15.0. The minimum atomic E-state index is -0.0288. The zero-order chi connectivity index (χ0) is 17.8. The molecule has 0 atom stereocenters. The van der Waals surface area contributed by atoms with Crippen LogP contribution in [0.4, 0.5) is 5.69 Å². The number of rotatable bonds is 9. The van der Waals surface area contributed by atoms with Crippen molar-refractivity contribution in [2.45, 2.75) is 26.7 Å². The number of carbonyl (C=O) groups is 1. The average molecular weight is 527 g/mol. The van der Waals surface area contributed by atoms with Crippen molar-refractivity contribution < 1.29 is 9.53 Å². The fourth-order valence-corrected chi connectivity index (χ4v) is 2.34. The highest BCUT2D eigenvalue weighted by atomic mass is 127. The summed E-state index contributed by atoms with van der Waals surface area (Å²) in [5.41, 5.74) is 1.86. The van der Waals surface area contributed by atoms with Gasteiger partial charge >= 0.3 is 0 Å². The van der Waals surface area contributed by atoms with Gasteiger partial charge in [-0.25, -0.2) is 0 Å². The number of ether oxygens (including phenoxy) is 1. The number of carbonyl (C=O) groups excluding carboxylic acids is 1. The van der Waals surface area contributed by atoms with Gasteiger partial charge in [0.2, 0.25) is 5.91 Å². The summed E-state index contributed by atoms with van der Waals surface area (Å²) in [6.07, 6.45) is 1.24. The quantitative estimate of drug-likeness (QED) is 0.200. The molecular weight excluding hydrogens is 499 g/mol. The number of nitrogens with zero attached hydrogens (tertiary/aromatic N) is 1. The van der Waals surface area contributed by atoms with Gasteiger partial charge in [-0.1, -0.05) is 22.0 Å². The van der Waals surface area contributed by atoms with Crippen molar-refractivity contribution in [1.29, 1.82) is 0 Å². The first-order valence-electron chi connectivity index (χ1n) is 8.14. The molecule has 8 heteroatoms. The fourth-order valence-electron chi connectivity index (χ4n) is 1.98. The van der Waals surface area contributed by atoms with E-state index in [1.165, 1.54) is 0 Å². The number of guanidine groups is 1. The molecule has 142 valence electrons. The number of hydrogen-bond acceptors (Lipinski definition) is 3. The van der Waals surface area contributed by atoms with Crippen LogP contribution in [-0.4, -0.2) is 45.2 Å². The molecule has 0 aliphatic rings. The molecule has 0 aliphatic carbocycles. The standard InChI is InChI=1S/C17H27BrN4O2.HI/c1-4-19-17(20-9-5-11-24-3)21-10-8-16(23)22-15-12-14(18)7-6-13(15)2;/h6-7,12H,4-5,8-11H2,1-3H3,(H,22,23)(H2,19,20,21);1H. The van der Waals surface area contributed by atoms with Crippen LogP contribution in [0, 0.1) is 6.92 Å². The first kappa shape index (κ1) is 24.1. The highest BCUT2D eigenvalue weighted by molar-refractivity contribution is 14.0. The van der Waals surface area contributed by atoms with Gasteiger partial charge in [0.25, 0.3) is 0 Å². The van der Waals surface area contributed by atoms with Crippen LogP contribution in [0.25, 0.3) is 0 Å². The predicted octanol–water partition coefficient (Wildman–Crippen LogP) is 3.30. The molecule has 25 heavy (non-hydrogen) atoms. The van der Waals surface area contributed by atoms with E-state index in [1.807, 2.05) is 32.0 Å². The van der Waals surface area contributed by atoms with Crippen LogP contribution in [0.2, 0.25) is 0 Å². The Kier molecular flexibility index (Phi) is 13.8. The molecule has 6 nitrogen and oxygen atoms in total. The van der Waals surface area contributed by atoms with Gasteiger partial charge in [-0.2, -0.15) is 0 Å². The maximum Gasteiger partial charge on any atom is 0.226 e. The Labute approximate surface area is 175 Å². The largest absolute Gasteiger partial charge is 0.385 e. The van der Waals surface area contributed by atoms with Gasteiger partial charge in [0.05, 0.1) is 0 Å². The molecule has 1 aromatic rings. The second kappa shape index (κ2) is 14.3. The van der Waals surface area contributed by atoms with E-state index in [1.54, 1.807) is 7.11 Å². The molecule has 0 spiro atoms. The Morgan fingerprint density at radius 2 is 2.08 bits per heavy atom. The normalized spacial score (nSPS) is 10.8. The number of methoxy groups -OCH3 is 1. The number of nitrogens with one attached hydrogen (secondary N) is 3. The summed E-state index contributed by atoms with van der Waals surface area (Å²) in [4.78, 5) is 16.5. The van der Waals surface area contributed by atoms with Crippen molar-refractivity contribution in [2.24, 2.45) is 4.99 Å². The van der Waals surface area contributed by atoms with E-state index in [2.05, 4.69) is 36.9 Å². The van der Waals surface area contributed by atoms with Crippen molar-refractivity contribution in [3.8, 4) is 0 Å². The molecule has 0 unspecified atom stereocenters. The SMILES string of the molecule is CCNC(=NCCCOC)NCCC(=O)Nc1cc(Br)ccc1C.I. The molecule has 1 amide bonds. The Morgan fingerprint density at radius 3 is 2.76 bits per heavy atom. The number of aliphatic imine (C=N–C) groups is 1. The molecule has 0 aliphatic heterocycles. The van der Waals surface area contributed by atoms with Gasteiger partial charge in [0, 0.05) is 49.9 Å². The molecule has 1 rings (SSSR count). The molecule has 0 bridgehead atoms. The van der Waals surface area contributed by atoms with Crippen LogP contribution in [0.15, 0.2) is 27.7 Å². The maximum atomic E-state index is 12.1. The number of aryl methyl sites for hydroxylation is 1. The van der Waals surface area contributed by atoms with Crippen molar-refractivity contribution in [1.82, 2.24) is 10.6 Å². The van der Waals surface area contributed by atoms with E-state index in [9.17, 15) is 4.79 Å². The third-order valence-electron chi connectivity index (χ3n) is 3.24. The lowest BCUT2D eigenvalue weighted by Crippen LogP contribution is -2.38. The third-order valence-corrected chi connectivity index (χ3v) is 3.73. The molecule has 1 aromatic carbocycles. The summed E-state index contributed by atoms with van der Waals surface area (Å²) in [6.45, 7) is 6.66. The number of anilines is 1. The molecular formula is C17H28BrIN4O2. The first-order chi connectivity index (χ1) is 11.6. The van der Waals surface area contributed by atoms with Crippen molar-refractivity contribution in [3.05, 3.63) is 28.2 Å². The first-order valence-corrected chi connectivity index (χ1v) is 8.93. The summed E-state index contributed by atoms with van der Waals surface area (Å²) in [6, 6.07) is 5.82. The summed E-state index contributed by atoms with van der Waals surface area (Å²) in [5.74, 6) is 0.693. The molecule has 0 saturated carbocycles. The van der Waals surface area contributed by atoms with E-state index in [0.29, 0.717) is 26.1 Å². The summed E-state index contributed by atoms with van der Waals surface area (Å²) in [5, 5.41) is 9.26. The van der Waals surface area contributed by atoms with E-state index >= 15 is 0 Å². The van der Waals surface area contributed by atoms with Gasteiger partial charge in [-0.15, -0.1) is 24.0 Å². The van der Waals surface area contributed by atoms with Crippen LogP contribution >= 0.6 is 39.9 Å². The Balaban J connectivity index is 0.00000576. The smallest absolute Gasteiger partial charge is 0.226 e. The maximum absolute atomic E-state index is 12.1. The van der Waals surface area contributed by atoms with Gasteiger partial charge < -0.3 is 20.7 Å². The fraction of sp³-hybridized carbons (Fsp3) is 0.529. The Hall–Kier alpha value is -0.870. The van der Waals surface area contributed by atoms with Crippen molar-refractivity contribution in [2.75, 3.05) is 38.7 Å². The lowest BCUT2D eigenvalue weighted by atomic mass is 10.2. The van der Waals surface area contributed by atoms with E-state index in [4.69, 9.17) is 4.74 Å². The van der Waals surface area contributed by atoms with Gasteiger partial charge in [0.1, 0.15) is 0 Å². The second-order valence-electron chi connectivity index (χ2n) is 5.29. The van der Waals surface area contributed by atoms with E-state index in [0.717, 1.165) is 34.6 Å². The van der Waals surface area contributed by atoms with Gasteiger partial charge in [0.15, 0.2) is 5.96 Å². The lowest BCUT2D eigenvalue weighted by Gasteiger charge is -2.12. The summed E-state index contributed by atoms with van der Waals surface area (Å²) in [7, 11) is 1.68. The second-order valence-corrected chi connectivity index (χ2v) is 6.21. The predicted molar refractivity (Wildman–Crippen MR) is 118 cm³/mol. The van der Waals surface area contributed by atoms with Crippen LogP contribution in [-0.2, 0) is 9.53 Å². The zero-order valence-corrected chi connectivity index (χ0v) is 18.9. The van der Waals surface area contributed by atoms with Crippen molar-refractivity contribution in [3.63, 3.8) is 0 Å². The highest BCUT2D eigenvalue weighted by Gasteiger charge is 2.06. The van der Waals surface area contributed by atoms with Crippen LogP contribution in [0.5, 0.6) is 0 Å². The highest BCUT2D eigenvalue weighted by Crippen LogP contribution is 2.20. The van der Waals surface area contributed by atoms with Gasteiger partial charge in [-0.3, -0.25) is 9.79 Å². The van der Waals surface area contributed by atoms with Crippen LogP contribution in [0.3, 0.4) is 0 Å². The monoisotopic (exact) mass is 526 g/mol. The lowest BCUT2D eigenvalue weighted by molar-refractivity contribution is -0.116. The number of amides is 1. The topological polar surface area (TPSA) is 74.8 Å². The Morgan fingerprint density at radius 1 is 1.32 bits per heavy atom. The van der Waals surface area contributed by atoms with Gasteiger partial charge in [-0.05, 0) is 38.0 Å².